The second kappa shape index (κ2) is 5.82. The van der Waals surface area contributed by atoms with Gasteiger partial charge in [0.2, 0.25) is 5.78 Å². The van der Waals surface area contributed by atoms with Crippen LogP contribution in [0.15, 0.2) is 59.1 Å². The van der Waals surface area contributed by atoms with Crippen molar-refractivity contribution in [3.63, 3.8) is 0 Å². The molecule has 2 aromatic rings. The van der Waals surface area contributed by atoms with Crippen LogP contribution < -0.4 is 0 Å². The zero-order valence-corrected chi connectivity index (χ0v) is 12.7. The molecule has 0 unspecified atom stereocenters. The Morgan fingerprint density at radius 1 is 1.05 bits per heavy atom. The standard InChI is InChI=1S/C17H13BrO3/c18-13-8-6-12(7-9-13)16(20)17-14(10-15(19)21-17)11-4-2-1-3-5-11/h1-9,14,17H,10H2/t14-,17+/m0/s1. The van der Waals surface area contributed by atoms with Gasteiger partial charge in [-0.25, -0.2) is 0 Å². The molecule has 3 rings (SSSR count). The maximum Gasteiger partial charge on any atom is 0.307 e. The molecule has 0 spiro atoms. The van der Waals surface area contributed by atoms with Crippen molar-refractivity contribution in [2.45, 2.75) is 18.4 Å². The minimum Gasteiger partial charge on any atom is -0.453 e. The fraction of sp³-hybridized carbons (Fsp3) is 0.176. The zero-order valence-electron chi connectivity index (χ0n) is 11.2. The highest BCUT2D eigenvalue weighted by molar-refractivity contribution is 9.10. The first kappa shape index (κ1) is 14.0. The average molecular weight is 345 g/mol. The summed E-state index contributed by atoms with van der Waals surface area (Å²) in [5.41, 5.74) is 1.51. The first-order valence-corrected chi connectivity index (χ1v) is 7.48. The number of rotatable bonds is 3. The van der Waals surface area contributed by atoms with Gasteiger partial charge in [0.1, 0.15) is 0 Å². The molecule has 1 heterocycles. The molecule has 0 bridgehead atoms. The molecule has 4 heteroatoms. The molecule has 1 aliphatic rings. The maximum absolute atomic E-state index is 12.6. The molecule has 106 valence electrons. The number of carbonyl (C=O) groups excluding carboxylic acids is 2. The Morgan fingerprint density at radius 2 is 1.71 bits per heavy atom. The number of carbonyl (C=O) groups is 2. The third-order valence-electron chi connectivity index (χ3n) is 3.63. The molecule has 1 fully saturated rings. The highest BCUT2D eigenvalue weighted by Gasteiger charge is 2.40. The third kappa shape index (κ3) is 2.90. The Kier molecular flexibility index (Phi) is 3.88. The van der Waals surface area contributed by atoms with Gasteiger partial charge in [0.25, 0.3) is 0 Å². The number of hydrogen-bond acceptors (Lipinski definition) is 3. The Balaban J connectivity index is 1.90. The van der Waals surface area contributed by atoms with Crippen molar-refractivity contribution in [1.29, 1.82) is 0 Å². The Labute approximate surface area is 131 Å². The normalized spacial score (nSPS) is 21.1. The number of ketones is 1. The number of ether oxygens (including phenoxy) is 1. The lowest BCUT2D eigenvalue weighted by Crippen LogP contribution is -2.25. The molecule has 3 nitrogen and oxygen atoms in total. The van der Waals surface area contributed by atoms with Crippen LogP contribution in [0.3, 0.4) is 0 Å². The molecule has 1 aliphatic heterocycles. The summed E-state index contributed by atoms with van der Waals surface area (Å²) in [6, 6.07) is 16.7. The molecule has 0 radical (unpaired) electrons. The molecular formula is C17H13BrO3. The number of Topliss-reactive ketones (excluding diaryl/α,β-unsaturated/α-hetero) is 1. The van der Waals surface area contributed by atoms with Gasteiger partial charge in [-0.15, -0.1) is 0 Å². The second-order valence-corrected chi connectivity index (χ2v) is 5.92. The predicted molar refractivity (Wildman–Crippen MR) is 82.2 cm³/mol. The fourth-order valence-corrected chi connectivity index (χ4v) is 2.83. The molecule has 2 aromatic carbocycles. The lowest BCUT2D eigenvalue weighted by molar-refractivity contribution is -0.140. The van der Waals surface area contributed by atoms with Crippen LogP contribution in [0.25, 0.3) is 0 Å². The van der Waals surface area contributed by atoms with E-state index in [1.807, 2.05) is 42.5 Å². The molecule has 0 amide bonds. The van der Waals surface area contributed by atoms with E-state index in [0.717, 1.165) is 10.0 Å². The van der Waals surface area contributed by atoms with Gasteiger partial charge in [0, 0.05) is 16.0 Å². The van der Waals surface area contributed by atoms with Gasteiger partial charge in [-0.3, -0.25) is 9.59 Å². The van der Waals surface area contributed by atoms with Crippen LogP contribution in [0.5, 0.6) is 0 Å². The van der Waals surface area contributed by atoms with Crippen LogP contribution in [0.1, 0.15) is 28.3 Å². The Morgan fingerprint density at radius 3 is 2.38 bits per heavy atom. The van der Waals surface area contributed by atoms with Gasteiger partial charge >= 0.3 is 5.97 Å². The molecule has 2 atom stereocenters. The van der Waals surface area contributed by atoms with Crippen molar-refractivity contribution in [2.75, 3.05) is 0 Å². The summed E-state index contributed by atoms with van der Waals surface area (Å²) in [4.78, 5) is 24.2. The highest BCUT2D eigenvalue weighted by atomic mass is 79.9. The summed E-state index contributed by atoms with van der Waals surface area (Å²) in [6.45, 7) is 0. The first-order valence-electron chi connectivity index (χ1n) is 6.69. The minimum atomic E-state index is -0.735. The van der Waals surface area contributed by atoms with Crippen molar-refractivity contribution in [1.82, 2.24) is 0 Å². The van der Waals surface area contributed by atoms with Gasteiger partial charge in [-0.05, 0) is 17.7 Å². The predicted octanol–water partition coefficient (Wildman–Crippen LogP) is 3.73. The molecule has 0 N–H and O–H groups in total. The van der Waals surface area contributed by atoms with Gasteiger partial charge in [-0.1, -0.05) is 58.4 Å². The van der Waals surface area contributed by atoms with Crippen LogP contribution >= 0.6 is 15.9 Å². The van der Waals surface area contributed by atoms with Crippen molar-refractivity contribution >= 4 is 27.7 Å². The van der Waals surface area contributed by atoms with E-state index in [2.05, 4.69) is 15.9 Å². The van der Waals surface area contributed by atoms with Crippen LogP contribution in [0.4, 0.5) is 0 Å². The Bertz CT molecular complexity index is 664. The van der Waals surface area contributed by atoms with Crippen molar-refractivity contribution in [3.05, 3.63) is 70.2 Å². The smallest absolute Gasteiger partial charge is 0.307 e. The van der Waals surface area contributed by atoms with E-state index in [9.17, 15) is 9.59 Å². The van der Waals surface area contributed by atoms with Crippen molar-refractivity contribution in [2.24, 2.45) is 0 Å². The lowest BCUT2D eigenvalue weighted by Gasteiger charge is -2.16. The van der Waals surface area contributed by atoms with Gasteiger partial charge in [-0.2, -0.15) is 0 Å². The first-order chi connectivity index (χ1) is 10.1. The third-order valence-corrected chi connectivity index (χ3v) is 4.15. The van der Waals surface area contributed by atoms with Crippen LogP contribution in [-0.2, 0) is 9.53 Å². The fourth-order valence-electron chi connectivity index (χ4n) is 2.57. The summed E-state index contributed by atoms with van der Waals surface area (Å²) in [7, 11) is 0. The van der Waals surface area contributed by atoms with E-state index in [1.165, 1.54) is 0 Å². The van der Waals surface area contributed by atoms with E-state index >= 15 is 0 Å². The van der Waals surface area contributed by atoms with Crippen molar-refractivity contribution < 1.29 is 14.3 Å². The monoisotopic (exact) mass is 344 g/mol. The number of esters is 1. The van der Waals surface area contributed by atoms with E-state index < -0.39 is 6.10 Å². The van der Waals surface area contributed by atoms with Gasteiger partial charge in [0.15, 0.2) is 6.10 Å². The maximum atomic E-state index is 12.6. The number of cyclic esters (lactones) is 1. The molecule has 1 saturated heterocycles. The van der Waals surface area contributed by atoms with Crippen LogP contribution in [0, 0.1) is 0 Å². The lowest BCUT2D eigenvalue weighted by atomic mass is 9.88. The molecule has 0 aliphatic carbocycles. The molecule has 0 saturated carbocycles. The van der Waals surface area contributed by atoms with Gasteiger partial charge < -0.3 is 4.74 Å². The topological polar surface area (TPSA) is 43.4 Å². The number of halogens is 1. The quantitative estimate of drug-likeness (QED) is 0.629. The van der Waals surface area contributed by atoms with E-state index in [1.54, 1.807) is 12.1 Å². The van der Waals surface area contributed by atoms with E-state index in [0.29, 0.717) is 5.56 Å². The van der Waals surface area contributed by atoms with Gasteiger partial charge in [0.05, 0.1) is 6.42 Å². The SMILES string of the molecule is O=C1C[C@@H](c2ccccc2)[C@H](C(=O)c2ccc(Br)cc2)O1. The summed E-state index contributed by atoms with van der Waals surface area (Å²) >= 11 is 3.34. The second-order valence-electron chi connectivity index (χ2n) is 5.00. The molecule has 21 heavy (non-hydrogen) atoms. The van der Waals surface area contributed by atoms with E-state index in [4.69, 9.17) is 4.74 Å². The summed E-state index contributed by atoms with van der Waals surface area (Å²) in [5, 5.41) is 0. The van der Waals surface area contributed by atoms with Crippen molar-refractivity contribution in [3.8, 4) is 0 Å². The minimum absolute atomic E-state index is 0.151. The average Bonchev–Trinajstić information content (AvgIpc) is 2.90. The largest absolute Gasteiger partial charge is 0.453 e. The molecular weight excluding hydrogens is 332 g/mol. The zero-order chi connectivity index (χ0) is 14.8. The summed E-state index contributed by atoms with van der Waals surface area (Å²) < 4.78 is 6.18. The number of hydrogen-bond donors (Lipinski definition) is 0. The summed E-state index contributed by atoms with van der Waals surface area (Å²) in [5.74, 6) is -0.684. The highest BCUT2D eigenvalue weighted by Crippen LogP contribution is 2.34. The van der Waals surface area contributed by atoms with Crippen LogP contribution in [-0.4, -0.2) is 17.9 Å². The Hall–Kier alpha value is -1.94. The molecule has 0 aromatic heterocycles. The van der Waals surface area contributed by atoms with Crippen LogP contribution in [0.2, 0.25) is 0 Å². The summed E-state index contributed by atoms with van der Waals surface area (Å²) in [6.07, 6.45) is -0.488. The van der Waals surface area contributed by atoms with E-state index in [-0.39, 0.29) is 24.1 Å². The number of benzene rings is 2.